The molecule has 0 atom stereocenters. The van der Waals surface area contributed by atoms with Crippen LogP contribution in [0.5, 0.6) is 0 Å². The Morgan fingerprint density at radius 1 is 1.40 bits per heavy atom. The molecule has 0 spiro atoms. The number of rotatable bonds is 4. The van der Waals surface area contributed by atoms with Crippen molar-refractivity contribution in [1.29, 1.82) is 0 Å². The van der Waals surface area contributed by atoms with Crippen LogP contribution in [0.15, 0.2) is 29.3 Å². The average Bonchev–Trinajstić information content (AvgIpc) is 2.96. The zero-order valence-corrected chi connectivity index (χ0v) is 14.8. The highest BCUT2D eigenvalue weighted by atomic mass is 35.5. The number of H-pyrrole nitrogens is 1. The number of aromatic amines is 1. The second-order valence-corrected chi connectivity index (χ2v) is 6.23. The maximum Gasteiger partial charge on any atom is 0.340 e. The van der Waals surface area contributed by atoms with E-state index in [0.29, 0.717) is 27.4 Å². The molecule has 25 heavy (non-hydrogen) atoms. The maximum absolute atomic E-state index is 12.6. The zero-order valence-electron chi connectivity index (χ0n) is 14.0. The summed E-state index contributed by atoms with van der Waals surface area (Å²) >= 11 is 5.84. The Morgan fingerprint density at radius 3 is 2.76 bits per heavy atom. The number of nitrogens with zero attached hydrogens (tertiary/aromatic N) is 3. The van der Waals surface area contributed by atoms with Crippen molar-refractivity contribution in [3.05, 3.63) is 51.0 Å². The van der Waals surface area contributed by atoms with Gasteiger partial charge in [0.2, 0.25) is 0 Å². The predicted octanol–water partition coefficient (Wildman–Crippen LogP) is 3.04. The molecule has 1 N–H and O–H groups in total. The maximum atomic E-state index is 12.6. The minimum atomic E-state index is -0.470. The zero-order chi connectivity index (χ0) is 18.1. The van der Waals surface area contributed by atoms with Gasteiger partial charge in [-0.15, -0.1) is 5.10 Å². The van der Waals surface area contributed by atoms with Gasteiger partial charge in [-0.05, 0) is 25.0 Å². The van der Waals surface area contributed by atoms with Crippen LogP contribution in [0.3, 0.4) is 0 Å². The summed E-state index contributed by atoms with van der Waals surface area (Å²) in [5.74, 6) is -0.232. The lowest BCUT2D eigenvalue weighted by Crippen LogP contribution is -2.15. The van der Waals surface area contributed by atoms with E-state index in [2.05, 4.69) is 15.1 Å². The third-order valence-electron chi connectivity index (χ3n) is 3.72. The van der Waals surface area contributed by atoms with Gasteiger partial charge in [0.1, 0.15) is 11.2 Å². The molecular formula is C17H17ClN4O3. The van der Waals surface area contributed by atoms with E-state index in [0.717, 1.165) is 0 Å². The fraction of sp³-hybridized carbons (Fsp3) is 0.294. The van der Waals surface area contributed by atoms with Crippen molar-refractivity contribution < 1.29 is 9.53 Å². The van der Waals surface area contributed by atoms with Crippen molar-refractivity contribution in [3.63, 3.8) is 0 Å². The standard InChI is InChI=1S/C17H17ClN4O3/c1-4-25-17(24)11-8-22-14(13(11)9(2)3)16(23)20-15(21-22)12-6-5-10(18)7-19-12/h5-9H,4H2,1-3H3,(H,20,21,23). The number of carbonyl (C=O) groups excluding carboxylic acids is 1. The first-order chi connectivity index (χ1) is 11.9. The molecule has 0 radical (unpaired) electrons. The fourth-order valence-corrected chi connectivity index (χ4v) is 2.81. The number of ether oxygens (including phenoxy) is 1. The van der Waals surface area contributed by atoms with Gasteiger partial charge in [0.05, 0.1) is 17.2 Å². The molecule has 3 heterocycles. The van der Waals surface area contributed by atoms with Crippen LogP contribution < -0.4 is 5.56 Å². The van der Waals surface area contributed by atoms with E-state index in [1.54, 1.807) is 19.1 Å². The van der Waals surface area contributed by atoms with Gasteiger partial charge in [-0.3, -0.25) is 9.78 Å². The van der Waals surface area contributed by atoms with Crippen LogP contribution in [-0.4, -0.2) is 32.2 Å². The summed E-state index contributed by atoms with van der Waals surface area (Å²) in [7, 11) is 0. The summed E-state index contributed by atoms with van der Waals surface area (Å²) in [4.78, 5) is 31.8. The summed E-state index contributed by atoms with van der Waals surface area (Å²) in [5, 5.41) is 4.88. The molecule has 130 valence electrons. The molecule has 0 amide bonds. The van der Waals surface area contributed by atoms with Crippen LogP contribution in [0.1, 0.15) is 42.6 Å². The van der Waals surface area contributed by atoms with Crippen LogP contribution >= 0.6 is 11.6 Å². The SMILES string of the molecule is CCOC(=O)c1cn2nc(-c3ccc(Cl)cn3)[nH]c(=O)c2c1C(C)C. The largest absolute Gasteiger partial charge is 0.462 e. The number of pyridine rings is 1. The Balaban J connectivity index is 2.23. The van der Waals surface area contributed by atoms with Crippen LogP contribution in [0.25, 0.3) is 17.0 Å². The highest BCUT2D eigenvalue weighted by Gasteiger charge is 2.23. The number of hydrogen-bond donors (Lipinski definition) is 1. The molecule has 0 fully saturated rings. The van der Waals surface area contributed by atoms with E-state index in [1.807, 2.05) is 13.8 Å². The Kier molecular flexibility index (Phi) is 4.59. The van der Waals surface area contributed by atoms with Gasteiger partial charge >= 0.3 is 5.97 Å². The first-order valence-corrected chi connectivity index (χ1v) is 8.24. The molecule has 0 aliphatic carbocycles. The summed E-state index contributed by atoms with van der Waals surface area (Å²) < 4.78 is 6.51. The number of aromatic nitrogens is 4. The van der Waals surface area contributed by atoms with Gasteiger partial charge in [-0.25, -0.2) is 9.31 Å². The summed E-state index contributed by atoms with van der Waals surface area (Å²) in [6, 6.07) is 3.32. The molecule has 3 aromatic heterocycles. The molecule has 0 aromatic carbocycles. The van der Waals surface area contributed by atoms with Gasteiger partial charge in [-0.1, -0.05) is 25.4 Å². The van der Waals surface area contributed by atoms with Gasteiger partial charge in [0, 0.05) is 18.0 Å². The molecule has 0 aliphatic heterocycles. The molecule has 8 heteroatoms. The van der Waals surface area contributed by atoms with Crippen molar-refractivity contribution in [2.45, 2.75) is 26.7 Å². The van der Waals surface area contributed by atoms with Gasteiger partial charge < -0.3 is 9.72 Å². The highest BCUT2D eigenvalue weighted by molar-refractivity contribution is 6.30. The topological polar surface area (TPSA) is 89.3 Å². The fourth-order valence-electron chi connectivity index (χ4n) is 2.70. The number of carbonyl (C=O) groups is 1. The van der Waals surface area contributed by atoms with Gasteiger partial charge in [-0.2, -0.15) is 0 Å². The van der Waals surface area contributed by atoms with Crippen LogP contribution in [0.2, 0.25) is 5.02 Å². The monoisotopic (exact) mass is 360 g/mol. The lowest BCUT2D eigenvalue weighted by atomic mass is 10.0. The summed E-state index contributed by atoms with van der Waals surface area (Å²) in [5.41, 5.74) is 1.41. The van der Waals surface area contributed by atoms with E-state index in [4.69, 9.17) is 16.3 Å². The molecule has 3 aromatic rings. The second kappa shape index (κ2) is 6.68. The lowest BCUT2D eigenvalue weighted by Gasteiger charge is -2.07. The van der Waals surface area contributed by atoms with Crippen LogP contribution in [-0.2, 0) is 4.74 Å². The molecule has 7 nitrogen and oxygen atoms in total. The second-order valence-electron chi connectivity index (χ2n) is 5.79. The van der Waals surface area contributed by atoms with Crippen molar-refractivity contribution in [2.75, 3.05) is 6.61 Å². The molecule has 0 bridgehead atoms. The summed E-state index contributed by atoms with van der Waals surface area (Å²) in [6.07, 6.45) is 3.00. The smallest absolute Gasteiger partial charge is 0.340 e. The molecule has 0 saturated carbocycles. The Hall–Kier alpha value is -2.67. The number of hydrogen-bond acceptors (Lipinski definition) is 5. The van der Waals surface area contributed by atoms with Gasteiger partial charge in [0.15, 0.2) is 5.82 Å². The molecule has 0 unspecified atom stereocenters. The van der Waals surface area contributed by atoms with E-state index >= 15 is 0 Å². The van der Waals surface area contributed by atoms with Crippen molar-refractivity contribution in [1.82, 2.24) is 19.6 Å². The number of halogens is 1. The number of nitrogens with one attached hydrogen (secondary N) is 1. The average molecular weight is 361 g/mol. The van der Waals surface area contributed by atoms with Crippen molar-refractivity contribution >= 4 is 23.1 Å². The van der Waals surface area contributed by atoms with Crippen LogP contribution in [0.4, 0.5) is 0 Å². The molecular weight excluding hydrogens is 344 g/mol. The van der Waals surface area contributed by atoms with E-state index < -0.39 is 5.97 Å². The summed E-state index contributed by atoms with van der Waals surface area (Å²) in [6.45, 7) is 5.81. The quantitative estimate of drug-likeness (QED) is 0.722. The third kappa shape index (κ3) is 3.15. The first-order valence-electron chi connectivity index (χ1n) is 7.87. The van der Waals surface area contributed by atoms with Crippen molar-refractivity contribution in [2.24, 2.45) is 0 Å². The third-order valence-corrected chi connectivity index (χ3v) is 3.95. The first kappa shape index (κ1) is 17.2. The highest BCUT2D eigenvalue weighted by Crippen LogP contribution is 2.25. The Bertz CT molecular complexity index is 990. The Morgan fingerprint density at radius 2 is 2.16 bits per heavy atom. The lowest BCUT2D eigenvalue weighted by molar-refractivity contribution is 0.0525. The Labute approximate surface area is 148 Å². The molecule has 3 rings (SSSR count). The normalized spacial score (nSPS) is 11.2. The number of esters is 1. The number of fused-ring (bicyclic) bond motifs is 1. The molecule has 0 aliphatic rings. The van der Waals surface area contributed by atoms with E-state index in [-0.39, 0.29) is 23.9 Å². The van der Waals surface area contributed by atoms with Crippen molar-refractivity contribution in [3.8, 4) is 11.5 Å². The predicted molar refractivity (Wildman–Crippen MR) is 94.1 cm³/mol. The van der Waals surface area contributed by atoms with Crippen LogP contribution in [0, 0.1) is 0 Å². The molecule has 0 saturated heterocycles. The minimum Gasteiger partial charge on any atom is -0.462 e. The minimum absolute atomic E-state index is 0.0492. The van der Waals surface area contributed by atoms with E-state index in [9.17, 15) is 9.59 Å². The van der Waals surface area contributed by atoms with Gasteiger partial charge in [0.25, 0.3) is 5.56 Å². The van der Waals surface area contributed by atoms with E-state index in [1.165, 1.54) is 16.9 Å².